The van der Waals surface area contributed by atoms with Crippen LogP contribution in [-0.2, 0) is 0 Å². The quantitative estimate of drug-likeness (QED) is 0.733. The van der Waals surface area contributed by atoms with E-state index in [1.54, 1.807) is 0 Å². The number of nitrogens with zero attached hydrogens (tertiary/aromatic N) is 2. The molecule has 1 aromatic heterocycles. The Bertz CT molecular complexity index is 429. The highest BCUT2D eigenvalue weighted by Gasteiger charge is 2.41. The van der Waals surface area contributed by atoms with E-state index in [0.717, 1.165) is 25.7 Å². The Morgan fingerprint density at radius 1 is 1.35 bits per heavy atom. The molecule has 0 saturated carbocycles. The summed E-state index contributed by atoms with van der Waals surface area (Å²) in [7, 11) is 0. The Hall–Kier alpha value is -0.350. The third-order valence-corrected chi connectivity index (χ3v) is 4.66. The van der Waals surface area contributed by atoms with Gasteiger partial charge in [-0.25, -0.2) is 9.37 Å². The van der Waals surface area contributed by atoms with Gasteiger partial charge in [0.15, 0.2) is 11.6 Å². The molecule has 2 fully saturated rings. The third kappa shape index (κ3) is 2.06. The molecule has 92 valence electrons. The largest absolute Gasteiger partial charge is 0.348 e. The van der Waals surface area contributed by atoms with Crippen LogP contribution in [0.15, 0.2) is 12.3 Å². The molecule has 2 saturated heterocycles. The maximum absolute atomic E-state index is 13.9. The molecule has 2 atom stereocenters. The summed E-state index contributed by atoms with van der Waals surface area (Å²) in [5, 5.41) is 0.356. The predicted molar refractivity (Wildman–Crippen MR) is 70.4 cm³/mol. The molecule has 0 aromatic carbocycles. The highest BCUT2D eigenvalue weighted by atomic mass is 79.9. The van der Waals surface area contributed by atoms with E-state index in [1.165, 1.54) is 12.3 Å². The van der Waals surface area contributed by atoms with E-state index in [2.05, 4.69) is 25.8 Å². The molecule has 0 amide bonds. The Morgan fingerprint density at radius 3 is 2.59 bits per heavy atom. The van der Waals surface area contributed by atoms with Gasteiger partial charge in [-0.3, -0.25) is 0 Å². The molecular weight excluding hydrogens is 307 g/mol. The Kier molecular flexibility index (Phi) is 3.03. The van der Waals surface area contributed by atoms with Crippen LogP contribution in [0.25, 0.3) is 0 Å². The van der Waals surface area contributed by atoms with E-state index in [4.69, 9.17) is 11.6 Å². The minimum atomic E-state index is -0.303. The lowest BCUT2D eigenvalue weighted by molar-refractivity contribution is 0.468. The first-order valence-corrected chi connectivity index (χ1v) is 7.18. The molecule has 0 N–H and O–H groups in total. The van der Waals surface area contributed by atoms with E-state index in [1.807, 2.05) is 0 Å². The molecular formula is C12H13BrClFN2. The molecule has 0 aliphatic carbocycles. The van der Waals surface area contributed by atoms with Crippen molar-refractivity contribution in [3.63, 3.8) is 0 Å². The molecule has 2 unspecified atom stereocenters. The van der Waals surface area contributed by atoms with Gasteiger partial charge in [0.2, 0.25) is 0 Å². The molecule has 17 heavy (non-hydrogen) atoms. The van der Waals surface area contributed by atoms with Crippen molar-refractivity contribution in [3.8, 4) is 0 Å². The number of hydrogen-bond acceptors (Lipinski definition) is 2. The maximum atomic E-state index is 13.9. The van der Waals surface area contributed by atoms with Crippen molar-refractivity contribution >= 4 is 33.3 Å². The Labute approximate surface area is 113 Å². The summed E-state index contributed by atoms with van der Waals surface area (Å²) < 4.78 is 13.9. The summed E-state index contributed by atoms with van der Waals surface area (Å²) in [5.74, 6) is 0.170. The van der Waals surface area contributed by atoms with Crippen LogP contribution >= 0.6 is 27.5 Å². The SMILES string of the molecule is Fc1cc(Cl)cnc1N1C2CCC1CC(Br)C2. The van der Waals surface area contributed by atoms with E-state index < -0.39 is 0 Å². The molecule has 0 spiro atoms. The number of anilines is 1. The zero-order chi connectivity index (χ0) is 12.0. The summed E-state index contributed by atoms with van der Waals surface area (Å²) in [6.45, 7) is 0. The monoisotopic (exact) mass is 318 g/mol. The fraction of sp³-hybridized carbons (Fsp3) is 0.583. The van der Waals surface area contributed by atoms with E-state index in [9.17, 15) is 4.39 Å². The average Bonchev–Trinajstić information content (AvgIpc) is 2.53. The third-order valence-electron chi connectivity index (χ3n) is 3.71. The van der Waals surface area contributed by atoms with Crippen molar-refractivity contribution in [1.29, 1.82) is 0 Å². The minimum absolute atomic E-state index is 0.303. The van der Waals surface area contributed by atoms with Crippen LogP contribution in [-0.4, -0.2) is 21.9 Å². The fourth-order valence-corrected chi connectivity index (χ4v) is 4.06. The van der Waals surface area contributed by atoms with Gasteiger partial charge in [-0.1, -0.05) is 27.5 Å². The van der Waals surface area contributed by atoms with Crippen LogP contribution in [0.2, 0.25) is 5.02 Å². The van der Waals surface area contributed by atoms with Gasteiger partial charge in [0, 0.05) is 23.1 Å². The number of rotatable bonds is 1. The van der Waals surface area contributed by atoms with Crippen LogP contribution < -0.4 is 4.90 Å². The standard InChI is InChI=1S/C12H13BrClFN2/c13-7-3-9-1-2-10(4-7)17(9)12-11(15)5-8(14)6-16-12/h5-7,9-10H,1-4H2. The van der Waals surface area contributed by atoms with Crippen LogP contribution in [0.4, 0.5) is 10.2 Å². The van der Waals surface area contributed by atoms with E-state index in [0.29, 0.717) is 27.8 Å². The molecule has 3 rings (SSSR count). The van der Waals surface area contributed by atoms with E-state index in [-0.39, 0.29) is 5.82 Å². The molecule has 1 aromatic rings. The van der Waals surface area contributed by atoms with Gasteiger partial charge in [-0.05, 0) is 31.7 Å². The van der Waals surface area contributed by atoms with Gasteiger partial charge in [0.25, 0.3) is 0 Å². The van der Waals surface area contributed by atoms with Crippen LogP contribution in [0.1, 0.15) is 25.7 Å². The number of aromatic nitrogens is 1. The van der Waals surface area contributed by atoms with Crippen molar-refractivity contribution in [2.75, 3.05) is 4.90 Å². The molecule has 2 aliphatic heterocycles. The Morgan fingerprint density at radius 2 is 2.00 bits per heavy atom. The van der Waals surface area contributed by atoms with Crippen LogP contribution in [0, 0.1) is 5.82 Å². The molecule has 0 radical (unpaired) electrons. The average molecular weight is 320 g/mol. The predicted octanol–water partition coefficient (Wildman–Crippen LogP) is 3.77. The number of alkyl halides is 1. The maximum Gasteiger partial charge on any atom is 0.167 e. The van der Waals surface area contributed by atoms with Gasteiger partial charge in [-0.2, -0.15) is 0 Å². The molecule has 2 aliphatic rings. The zero-order valence-electron chi connectivity index (χ0n) is 9.24. The van der Waals surface area contributed by atoms with Crippen LogP contribution in [0.3, 0.4) is 0 Å². The molecule has 3 heterocycles. The summed E-state index contributed by atoms with van der Waals surface area (Å²) in [6, 6.07) is 2.19. The molecule has 2 bridgehead atoms. The first kappa shape index (κ1) is 11.7. The van der Waals surface area contributed by atoms with Gasteiger partial charge in [-0.15, -0.1) is 0 Å². The van der Waals surface area contributed by atoms with Gasteiger partial charge >= 0.3 is 0 Å². The molecule has 5 heteroatoms. The van der Waals surface area contributed by atoms with Crippen molar-refractivity contribution in [3.05, 3.63) is 23.1 Å². The number of piperidine rings is 1. The van der Waals surface area contributed by atoms with Gasteiger partial charge in [0.05, 0.1) is 5.02 Å². The number of halogens is 3. The van der Waals surface area contributed by atoms with Crippen molar-refractivity contribution < 1.29 is 4.39 Å². The topological polar surface area (TPSA) is 16.1 Å². The van der Waals surface area contributed by atoms with Gasteiger partial charge < -0.3 is 4.90 Å². The van der Waals surface area contributed by atoms with Crippen molar-refractivity contribution in [1.82, 2.24) is 4.98 Å². The lowest BCUT2D eigenvalue weighted by atomic mass is 10.0. The van der Waals surface area contributed by atoms with E-state index >= 15 is 0 Å². The fourth-order valence-electron chi connectivity index (χ4n) is 3.05. The summed E-state index contributed by atoms with van der Waals surface area (Å²) >= 11 is 9.42. The smallest absolute Gasteiger partial charge is 0.167 e. The number of hydrogen-bond donors (Lipinski definition) is 0. The zero-order valence-corrected chi connectivity index (χ0v) is 11.6. The summed E-state index contributed by atoms with van der Waals surface area (Å²) in [4.78, 5) is 6.89. The summed E-state index contributed by atoms with van der Waals surface area (Å²) in [5.41, 5.74) is 0. The van der Waals surface area contributed by atoms with Crippen molar-refractivity contribution in [2.45, 2.75) is 42.6 Å². The normalized spacial score (nSPS) is 31.9. The second-order valence-corrected chi connectivity index (χ2v) is 6.55. The first-order chi connectivity index (χ1) is 8.15. The second kappa shape index (κ2) is 4.39. The van der Waals surface area contributed by atoms with Crippen LogP contribution in [0.5, 0.6) is 0 Å². The van der Waals surface area contributed by atoms with Crippen molar-refractivity contribution in [2.24, 2.45) is 0 Å². The number of pyridine rings is 1. The minimum Gasteiger partial charge on any atom is -0.348 e. The van der Waals surface area contributed by atoms with Gasteiger partial charge in [0.1, 0.15) is 0 Å². The lowest BCUT2D eigenvalue weighted by Gasteiger charge is -2.38. The highest BCUT2D eigenvalue weighted by Crippen LogP contribution is 2.41. The lowest BCUT2D eigenvalue weighted by Crippen LogP contribution is -2.44. The highest BCUT2D eigenvalue weighted by molar-refractivity contribution is 9.09. The number of fused-ring (bicyclic) bond motifs is 2. The molecule has 2 nitrogen and oxygen atoms in total. The second-order valence-electron chi connectivity index (χ2n) is 4.82. The first-order valence-electron chi connectivity index (χ1n) is 5.88. The Balaban J connectivity index is 1.94. The summed E-state index contributed by atoms with van der Waals surface area (Å²) in [6.07, 6.45) is 5.94.